The highest BCUT2D eigenvalue weighted by atomic mass is 16.5. The van der Waals surface area contributed by atoms with Crippen LogP contribution >= 0.6 is 0 Å². The SMILES string of the molecule is COc1cccc(CNc2ccc(CNC(C)C(N)=O)cc2)c1. The molecule has 23 heavy (non-hydrogen) atoms. The van der Waals surface area contributed by atoms with Gasteiger partial charge < -0.3 is 21.1 Å². The van der Waals surface area contributed by atoms with Crippen molar-refractivity contribution in [3.05, 3.63) is 59.7 Å². The van der Waals surface area contributed by atoms with E-state index in [9.17, 15) is 4.79 Å². The van der Waals surface area contributed by atoms with Crippen molar-refractivity contribution in [2.24, 2.45) is 5.73 Å². The minimum atomic E-state index is -0.346. The maximum Gasteiger partial charge on any atom is 0.234 e. The number of nitrogens with two attached hydrogens (primary N) is 1. The Balaban J connectivity index is 1.86. The van der Waals surface area contributed by atoms with Gasteiger partial charge in [-0.3, -0.25) is 4.79 Å². The third-order valence-corrected chi connectivity index (χ3v) is 3.62. The number of methoxy groups -OCH3 is 1. The van der Waals surface area contributed by atoms with Crippen molar-refractivity contribution in [1.82, 2.24) is 5.32 Å². The highest BCUT2D eigenvalue weighted by molar-refractivity contribution is 5.79. The maximum atomic E-state index is 11.0. The molecule has 0 bridgehead atoms. The number of hydrogen-bond donors (Lipinski definition) is 3. The second-order valence-corrected chi connectivity index (χ2v) is 5.41. The zero-order valence-electron chi connectivity index (χ0n) is 13.5. The molecule has 0 saturated heterocycles. The van der Waals surface area contributed by atoms with E-state index in [-0.39, 0.29) is 11.9 Å². The van der Waals surface area contributed by atoms with Gasteiger partial charge >= 0.3 is 0 Å². The lowest BCUT2D eigenvalue weighted by molar-refractivity contribution is -0.119. The monoisotopic (exact) mass is 313 g/mol. The molecule has 2 aromatic rings. The van der Waals surface area contributed by atoms with E-state index in [2.05, 4.69) is 16.7 Å². The molecule has 1 amide bonds. The number of ether oxygens (including phenoxy) is 1. The lowest BCUT2D eigenvalue weighted by Gasteiger charge is -2.11. The van der Waals surface area contributed by atoms with E-state index in [1.807, 2.05) is 42.5 Å². The van der Waals surface area contributed by atoms with Crippen LogP contribution in [0.4, 0.5) is 5.69 Å². The van der Waals surface area contributed by atoms with Gasteiger partial charge in [-0.1, -0.05) is 24.3 Å². The topological polar surface area (TPSA) is 76.4 Å². The minimum absolute atomic E-state index is 0.333. The number of nitrogens with one attached hydrogen (secondary N) is 2. The Hall–Kier alpha value is -2.53. The fourth-order valence-corrected chi connectivity index (χ4v) is 2.10. The summed E-state index contributed by atoms with van der Waals surface area (Å²) < 4.78 is 5.22. The maximum absolute atomic E-state index is 11.0. The van der Waals surface area contributed by atoms with Gasteiger partial charge in [0.1, 0.15) is 5.75 Å². The van der Waals surface area contributed by atoms with Crippen molar-refractivity contribution in [3.63, 3.8) is 0 Å². The molecule has 1 atom stereocenters. The summed E-state index contributed by atoms with van der Waals surface area (Å²) in [5.74, 6) is 0.510. The van der Waals surface area contributed by atoms with E-state index in [0.717, 1.165) is 29.1 Å². The number of benzene rings is 2. The van der Waals surface area contributed by atoms with Gasteiger partial charge in [-0.25, -0.2) is 0 Å². The summed E-state index contributed by atoms with van der Waals surface area (Å²) >= 11 is 0. The van der Waals surface area contributed by atoms with Crippen LogP contribution in [0.15, 0.2) is 48.5 Å². The molecule has 0 saturated carbocycles. The number of rotatable bonds is 8. The van der Waals surface area contributed by atoms with Crippen LogP contribution in [0.2, 0.25) is 0 Å². The molecule has 0 heterocycles. The van der Waals surface area contributed by atoms with Crippen LogP contribution in [-0.4, -0.2) is 19.1 Å². The standard InChI is InChI=1S/C18H23N3O2/c1-13(18(19)22)20-11-14-6-8-16(9-7-14)21-12-15-4-3-5-17(10-15)23-2/h3-10,13,20-21H,11-12H2,1-2H3,(H2,19,22). The molecule has 4 N–H and O–H groups in total. The van der Waals surface area contributed by atoms with Crippen LogP contribution in [0, 0.1) is 0 Å². The Bertz CT molecular complexity index is 641. The zero-order chi connectivity index (χ0) is 16.7. The van der Waals surface area contributed by atoms with Crippen molar-refractivity contribution in [1.29, 1.82) is 0 Å². The molecule has 0 aromatic heterocycles. The molecular weight excluding hydrogens is 290 g/mol. The first kappa shape index (κ1) is 16.8. The van der Waals surface area contributed by atoms with Gasteiger partial charge in [0, 0.05) is 18.8 Å². The fraction of sp³-hybridized carbons (Fsp3) is 0.278. The summed E-state index contributed by atoms with van der Waals surface area (Å²) in [4.78, 5) is 11.0. The molecule has 0 radical (unpaired) electrons. The van der Waals surface area contributed by atoms with Crippen molar-refractivity contribution in [3.8, 4) is 5.75 Å². The summed E-state index contributed by atoms with van der Waals surface area (Å²) in [6.45, 7) is 3.10. The Morgan fingerprint density at radius 1 is 1.13 bits per heavy atom. The molecule has 2 aromatic carbocycles. The molecule has 0 spiro atoms. The summed E-state index contributed by atoms with van der Waals surface area (Å²) in [5.41, 5.74) is 8.52. The number of carbonyl (C=O) groups is 1. The molecular formula is C18H23N3O2. The van der Waals surface area contributed by atoms with Crippen LogP contribution in [-0.2, 0) is 17.9 Å². The quantitative estimate of drug-likeness (QED) is 0.699. The van der Waals surface area contributed by atoms with Gasteiger partial charge in [0.25, 0.3) is 0 Å². The lowest BCUT2D eigenvalue weighted by atomic mass is 10.1. The highest BCUT2D eigenvalue weighted by Gasteiger charge is 2.06. The zero-order valence-corrected chi connectivity index (χ0v) is 13.5. The van der Waals surface area contributed by atoms with Gasteiger partial charge in [0.2, 0.25) is 5.91 Å². The van der Waals surface area contributed by atoms with Crippen LogP contribution in [0.3, 0.4) is 0 Å². The second-order valence-electron chi connectivity index (χ2n) is 5.41. The Kier molecular flexibility index (Phi) is 6.00. The summed E-state index contributed by atoms with van der Waals surface area (Å²) in [7, 11) is 1.67. The first-order valence-corrected chi connectivity index (χ1v) is 7.57. The molecule has 1 unspecified atom stereocenters. The molecule has 5 heteroatoms. The Labute approximate surface area is 136 Å². The van der Waals surface area contributed by atoms with Crippen LogP contribution in [0.25, 0.3) is 0 Å². The van der Waals surface area contributed by atoms with Gasteiger partial charge in [-0.05, 0) is 42.3 Å². The largest absolute Gasteiger partial charge is 0.497 e. The predicted molar refractivity (Wildman–Crippen MR) is 92.3 cm³/mol. The van der Waals surface area contributed by atoms with E-state index in [0.29, 0.717) is 6.54 Å². The average Bonchev–Trinajstić information content (AvgIpc) is 2.58. The van der Waals surface area contributed by atoms with Gasteiger partial charge in [-0.2, -0.15) is 0 Å². The molecule has 5 nitrogen and oxygen atoms in total. The van der Waals surface area contributed by atoms with Crippen LogP contribution in [0.1, 0.15) is 18.1 Å². The van der Waals surface area contributed by atoms with E-state index in [4.69, 9.17) is 10.5 Å². The molecule has 0 fully saturated rings. The van der Waals surface area contributed by atoms with E-state index in [1.165, 1.54) is 0 Å². The van der Waals surface area contributed by atoms with E-state index >= 15 is 0 Å². The van der Waals surface area contributed by atoms with Gasteiger partial charge in [0.15, 0.2) is 0 Å². The fourth-order valence-electron chi connectivity index (χ4n) is 2.10. The second kappa shape index (κ2) is 8.19. The molecule has 0 aliphatic heterocycles. The molecule has 0 aliphatic rings. The highest BCUT2D eigenvalue weighted by Crippen LogP contribution is 2.15. The molecule has 0 aliphatic carbocycles. The van der Waals surface area contributed by atoms with E-state index in [1.54, 1.807) is 14.0 Å². The summed E-state index contributed by atoms with van der Waals surface area (Å²) in [6.07, 6.45) is 0. The van der Waals surface area contributed by atoms with Gasteiger partial charge in [0.05, 0.1) is 13.2 Å². The van der Waals surface area contributed by atoms with Crippen LogP contribution in [0.5, 0.6) is 5.75 Å². The summed E-state index contributed by atoms with van der Waals surface area (Å²) in [6, 6.07) is 15.7. The Morgan fingerprint density at radius 2 is 1.87 bits per heavy atom. The van der Waals surface area contributed by atoms with Crippen molar-refractivity contribution >= 4 is 11.6 Å². The van der Waals surface area contributed by atoms with Crippen molar-refractivity contribution in [2.75, 3.05) is 12.4 Å². The average molecular weight is 313 g/mol. The number of hydrogen-bond acceptors (Lipinski definition) is 4. The number of primary amides is 1. The predicted octanol–water partition coefficient (Wildman–Crippen LogP) is 2.27. The number of anilines is 1. The smallest absolute Gasteiger partial charge is 0.234 e. The molecule has 2 rings (SSSR count). The lowest BCUT2D eigenvalue weighted by Crippen LogP contribution is -2.38. The third-order valence-electron chi connectivity index (χ3n) is 3.62. The van der Waals surface area contributed by atoms with Crippen LogP contribution < -0.4 is 21.1 Å². The normalized spacial score (nSPS) is 11.7. The first-order valence-electron chi connectivity index (χ1n) is 7.57. The summed E-state index contributed by atoms with van der Waals surface area (Å²) in [5, 5.41) is 6.45. The first-order chi connectivity index (χ1) is 11.1. The number of amides is 1. The minimum Gasteiger partial charge on any atom is -0.497 e. The van der Waals surface area contributed by atoms with Gasteiger partial charge in [-0.15, -0.1) is 0 Å². The number of carbonyl (C=O) groups excluding carboxylic acids is 1. The Morgan fingerprint density at radius 3 is 2.52 bits per heavy atom. The van der Waals surface area contributed by atoms with Crippen molar-refractivity contribution in [2.45, 2.75) is 26.1 Å². The van der Waals surface area contributed by atoms with Crippen molar-refractivity contribution < 1.29 is 9.53 Å². The third kappa shape index (κ3) is 5.30. The molecule has 122 valence electrons. The van der Waals surface area contributed by atoms with E-state index < -0.39 is 0 Å².